The number of quaternary nitrogens is 4. The van der Waals surface area contributed by atoms with Gasteiger partial charge in [-0.3, -0.25) is 19.6 Å². The van der Waals surface area contributed by atoms with Crippen molar-refractivity contribution in [2.24, 2.45) is 21.7 Å². The topological polar surface area (TPSA) is 80.8 Å². The molecule has 8 bridgehead atoms. The Morgan fingerprint density at radius 3 is 0.632 bits per heavy atom. The first kappa shape index (κ1) is 48.6. The van der Waals surface area contributed by atoms with Gasteiger partial charge in [0.05, 0.1) is 74.0 Å². The zero-order valence-electron chi connectivity index (χ0n) is 22.0. The quantitative estimate of drug-likeness (QED) is 0.174. The molecule has 0 atom stereocenters. The summed E-state index contributed by atoms with van der Waals surface area (Å²) in [7, 11) is 0. The van der Waals surface area contributed by atoms with Gasteiger partial charge in [0.25, 0.3) is 0 Å². The van der Waals surface area contributed by atoms with Crippen molar-refractivity contribution < 1.29 is 83.6 Å². The fourth-order valence-electron chi connectivity index (χ4n) is 9.10. The zero-order chi connectivity index (χ0) is 27.6. The molecule has 8 rings (SSSR count). The van der Waals surface area contributed by atoms with Crippen LogP contribution in [0.3, 0.4) is 0 Å². The molecule has 18 heteroatoms. The first-order valence-corrected chi connectivity index (χ1v) is 61.9. The SMILES string of the molecule is CC12C[NH+]3C[NH+](C1)CC(C)(C3)C2.CC12C[NH+]3C[NH+](C1)CC(C)(C3)C2.I[I-]I.I[I-]I.I[I-]I.I[I-]I.O.O. The van der Waals surface area contributed by atoms with Crippen molar-refractivity contribution in [3.05, 3.63) is 0 Å². The normalized spacial score (nSPS) is 41.8. The van der Waals surface area contributed by atoms with E-state index in [1.54, 1.807) is 0 Å². The molecular weight excluding hydrogens is 1850 g/mol. The number of piperidine rings is 4. The fourth-order valence-corrected chi connectivity index (χ4v) is 9.10. The van der Waals surface area contributed by atoms with Gasteiger partial charge in [0.2, 0.25) is 13.3 Å². The minimum Gasteiger partial charge on any atom is -0.412 e. The molecule has 0 unspecified atom stereocenters. The van der Waals surface area contributed by atoms with Crippen LogP contribution < -0.4 is 72.6 Å². The molecule has 240 valence electrons. The number of hydrogen-bond acceptors (Lipinski definition) is 0. The van der Waals surface area contributed by atoms with E-state index in [1.165, 1.54) is 78.5 Å². The summed E-state index contributed by atoms with van der Waals surface area (Å²) in [6, 6.07) is 0. The van der Waals surface area contributed by atoms with Crippen molar-refractivity contribution in [1.29, 1.82) is 0 Å². The van der Waals surface area contributed by atoms with E-state index in [9.17, 15) is 0 Å². The molecule has 0 aliphatic carbocycles. The van der Waals surface area contributed by atoms with Crippen molar-refractivity contribution in [3.8, 4) is 0 Å². The van der Waals surface area contributed by atoms with Gasteiger partial charge in [-0.2, -0.15) is 0 Å². The molecule has 0 saturated carbocycles. The van der Waals surface area contributed by atoms with Crippen LogP contribution in [0.2, 0.25) is 0 Å². The Kier molecular flexibility index (Phi) is 31.5. The number of rotatable bonds is 0. The number of hydrogen-bond donors (Lipinski definition) is 4. The molecule has 8 heterocycles. The van der Waals surface area contributed by atoms with Gasteiger partial charge in [-0.05, 0) is 40.5 Å². The van der Waals surface area contributed by atoms with Gasteiger partial charge in [0.15, 0.2) is 0 Å². The van der Waals surface area contributed by atoms with Crippen molar-refractivity contribution in [3.63, 3.8) is 0 Å². The Morgan fingerprint density at radius 1 is 0.395 bits per heavy atom. The molecule has 8 N–H and O–H groups in total. The first-order valence-electron chi connectivity index (χ1n) is 11.6. The molecule has 0 amide bonds. The van der Waals surface area contributed by atoms with Gasteiger partial charge in [-0.25, -0.2) is 0 Å². The summed E-state index contributed by atoms with van der Waals surface area (Å²) in [5.41, 5.74) is 2.75. The summed E-state index contributed by atoms with van der Waals surface area (Å²) >= 11 is 21.2. The largest absolute Gasteiger partial charge is 0.412 e. The molecule has 6 nitrogen and oxygen atoms in total. The summed E-state index contributed by atoms with van der Waals surface area (Å²) in [5, 5.41) is 0. The Balaban J connectivity index is 0. The van der Waals surface area contributed by atoms with Crippen molar-refractivity contribution in [2.45, 2.75) is 40.5 Å². The van der Waals surface area contributed by atoms with Crippen LogP contribution in [0.25, 0.3) is 0 Å². The van der Waals surface area contributed by atoms with E-state index < -0.39 is 0 Å². The van der Waals surface area contributed by atoms with Crippen molar-refractivity contribution in [1.82, 2.24) is 0 Å². The van der Waals surface area contributed by atoms with Gasteiger partial charge < -0.3 is 11.0 Å². The number of halogens is 12. The molecule has 38 heavy (non-hydrogen) atoms. The van der Waals surface area contributed by atoms with E-state index in [2.05, 4.69) is 177 Å². The Hall–Kier alpha value is 8.52. The van der Waals surface area contributed by atoms with Crippen LogP contribution in [-0.4, -0.2) is 76.6 Å². The molecule has 8 fully saturated rings. The van der Waals surface area contributed by atoms with Crippen LogP contribution in [-0.2, 0) is 0 Å². The Labute approximate surface area is 351 Å². The van der Waals surface area contributed by atoms with E-state index in [0.29, 0.717) is 74.7 Å². The molecule has 0 spiro atoms. The molecule has 0 aromatic carbocycles. The molecule has 8 saturated heterocycles. The van der Waals surface area contributed by atoms with Crippen molar-refractivity contribution >= 4 is 149 Å². The fraction of sp³-hybridized carbons (Fsp3) is 1.00. The van der Waals surface area contributed by atoms with E-state index >= 15 is 0 Å². The van der Waals surface area contributed by atoms with Crippen LogP contribution >= 0.6 is 149 Å². The third-order valence-corrected chi connectivity index (χ3v) is 8.12. The molecule has 0 radical (unpaired) electrons. The number of nitrogens with one attached hydrogen (secondary N) is 4. The summed E-state index contributed by atoms with van der Waals surface area (Å²) in [5.74, 6) is 0. The predicted molar refractivity (Wildman–Crippen MR) is 214 cm³/mol. The van der Waals surface area contributed by atoms with Crippen LogP contribution in [0.4, 0.5) is 0 Å². The predicted octanol–water partition coefficient (Wildman–Crippen LogP) is -10.2. The van der Waals surface area contributed by atoms with Crippen LogP contribution in [0.1, 0.15) is 40.5 Å². The second-order valence-electron chi connectivity index (χ2n) is 12.6. The monoisotopic (exact) mass is 1900 g/mol. The standard InChI is InChI=1S/2C10H18N2.4I3.2H2O/c2*1-9-3-10(2)6-11(4-9)8-12(5-9)7-10;4*1-3-2;;/h2*3-8H2,1-2H3;;;;;2*1H2/q;;4*-1;;/p+4. The molecule has 8 aliphatic heterocycles. The minimum absolute atomic E-state index is 0. The Bertz CT molecular complexity index is 521. The van der Waals surface area contributed by atoms with Gasteiger partial charge in [-0.15, -0.1) is 0 Å². The maximum Gasteiger partial charge on any atom is -0.412 e. The average Bonchev–Trinajstić information content (AvgIpc) is 2.65. The van der Waals surface area contributed by atoms with Gasteiger partial charge >= 0.3 is 202 Å². The smallest absolute Gasteiger partial charge is 0.412 e. The molecular formula is C20H44I12N4O2. The first-order chi connectivity index (χ1) is 16.8. The summed E-state index contributed by atoms with van der Waals surface area (Å²) in [4.78, 5) is 7.50. The van der Waals surface area contributed by atoms with E-state index in [-0.39, 0.29) is 11.0 Å². The second kappa shape index (κ2) is 24.6. The average molecular weight is 1900 g/mol. The van der Waals surface area contributed by atoms with E-state index in [1.807, 2.05) is 19.6 Å². The van der Waals surface area contributed by atoms with Crippen LogP contribution in [0, 0.1) is 21.7 Å². The maximum atomic E-state index is 2.50. The zero-order valence-corrected chi connectivity index (χ0v) is 47.9. The molecule has 0 aromatic rings. The van der Waals surface area contributed by atoms with Crippen LogP contribution in [0.5, 0.6) is 0 Å². The van der Waals surface area contributed by atoms with E-state index in [0.717, 1.165) is 0 Å². The van der Waals surface area contributed by atoms with Crippen molar-refractivity contribution in [2.75, 3.05) is 65.7 Å². The third-order valence-electron chi connectivity index (χ3n) is 8.12. The molecule has 0 aromatic heterocycles. The third kappa shape index (κ3) is 18.0. The Morgan fingerprint density at radius 2 is 0.526 bits per heavy atom. The molecule has 8 aliphatic rings. The summed E-state index contributed by atoms with van der Waals surface area (Å²) in [6.07, 6.45) is 2.99. The van der Waals surface area contributed by atoms with Gasteiger partial charge in [-0.1, -0.05) is 0 Å². The maximum absolute atomic E-state index is 2.50. The summed E-state index contributed by atoms with van der Waals surface area (Å²) < 4.78 is 0. The van der Waals surface area contributed by atoms with E-state index in [4.69, 9.17) is 0 Å². The minimum atomic E-state index is 0. The van der Waals surface area contributed by atoms with Gasteiger partial charge in [0, 0.05) is 0 Å². The summed E-state index contributed by atoms with van der Waals surface area (Å²) in [6.45, 7) is 24.4. The van der Waals surface area contributed by atoms with Crippen LogP contribution in [0.15, 0.2) is 0 Å². The second-order valence-corrected chi connectivity index (χ2v) is 77.6. The van der Waals surface area contributed by atoms with Gasteiger partial charge in [0.1, 0.15) is 0 Å².